The van der Waals surface area contributed by atoms with E-state index >= 15 is 0 Å². The molecule has 3 aliphatic rings. The Kier molecular flexibility index (Phi) is 9.98. The number of carbonyl (C=O) groups is 2. The number of rotatable bonds is 12. The van der Waals surface area contributed by atoms with Crippen molar-refractivity contribution in [3.05, 3.63) is 112 Å². The number of carbonyl (C=O) groups excluding carboxylic acids is 2. The highest BCUT2D eigenvalue weighted by molar-refractivity contribution is 6.36. The van der Waals surface area contributed by atoms with Crippen LogP contribution in [0.25, 0.3) is 11.0 Å². The van der Waals surface area contributed by atoms with E-state index in [-0.39, 0.29) is 29.8 Å². The number of likely N-dealkylation sites (tertiary alicyclic amines) is 2. The summed E-state index contributed by atoms with van der Waals surface area (Å²) in [4.78, 5) is 36.9. The summed E-state index contributed by atoms with van der Waals surface area (Å²) < 4.78 is 24.6. The predicted octanol–water partition coefficient (Wildman–Crippen LogP) is 7.65. The van der Waals surface area contributed by atoms with Crippen LogP contribution in [-0.2, 0) is 23.3 Å². The number of halogens is 2. The minimum atomic E-state index is -0.286. The smallest absolute Gasteiger partial charge is 0.255 e. The number of hydrogen-bond acceptors (Lipinski definition) is 8. The van der Waals surface area contributed by atoms with Crippen LogP contribution in [0.5, 0.6) is 11.5 Å². The molecule has 0 spiro atoms. The van der Waals surface area contributed by atoms with Gasteiger partial charge in [0.2, 0.25) is 12.6 Å². The van der Waals surface area contributed by atoms with Crippen molar-refractivity contribution in [3.63, 3.8) is 0 Å². The van der Waals surface area contributed by atoms with Gasteiger partial charge < -0.3 is 33.0 Å². The van der Waals surface area contributed by atoms with E-state index in [2.05, 4.69) is 17.0 Å². The van der Waals surface area contributed by atoms with Crippen molar-refractivity contribution in [3.8, 4) is 11.5 Å². The highest BCUT2D eigenvalue weighted by Gasteiger charge is 2.43. The van der Waals surface area contributed by atoms with Crippen LogP contribution in [0, 0.1) is 5.92 Å². The zero-order valence-electron chi connectivity index (χ0n) is 28.8. The molecule has 3 aliphatic heterocycles. The van der Waals surface area contributed by atoms with E-state index in [4.69, 9.17) is 46.8 Å². The standard InChI is InChI=1S/C40H40Cl2N4O6/c41-29-8-9-31(32(42)23-29)39(48)45-18-14-40(25-45,28-7-10-35-36(22-28)52-26-51-35)13-17-44-15-11-27(12-16-44)37(47)38-43-33-5-1-2-6-34(33)46(38)19-21-49-24-30-4-3-20-50-30/h1-10,20,22-23,27H,11-19,21,24-26H2. The van der Waals surface area contributed by atoms with Gasteiger partial charge in [0.15, 0.2) is 17.3 Å². The first-order valence-corrected chi connectivity index (χ1v) is 18.6. The predicted molar refractivity (Wildman–Crippen MR) is 197 cm³/mol. The minimum absolute atomic E-state index is 0.0875. The molecule has 0 saturated carbocycles. The summed E-state index contributed by atoms with van der Waals surface area (Å²) in [7, 11) is 0. The van der Waals surface area contributed by atoms with Crippen molar-refractivity contribution in [2.24, 2.45) is 5.92 Å². The maximum Gasteiger partial charge on any atom is 0.255 e. The number of nitrogens with zero attached hydrogens (tertiary/aromatic N) is 4. The summed E-state index contributed by atoms with van der Waals surface area (Å²) in [5.74, 6) is 2.61. The number of furan rings is 1. The molecule has 12 heteroatoms. The van der Waals surface area contributed by atoms with E-state index < -0.39 is 0 Å². The minimum Gasteiger partial charge on any atom is -0.467 e. The maximum atomic E-state index is 14.0. The second kappa shape index (κ2) is 14.9. The van der Waals surface area contributed by atoms with Crippen LogP contribution in [0.2, 0.25) is 10.0 Å². The summed E-state index contributed by atoms with van der Waals surface area (Å²) >= 11 is 12.6. The lowest BCUT2D eigenvalue weighted by molar-refractivity contribution is 0.0778. The van der Waals surface area contributed by atoms with E-state index in [9.17, 15) is 9.59 Å². The molecule has 0 radical (unpaired) electrons. The zero-order valence-corrected chi connectivity index (χ0v) is 30.3. The van der Waals surface area contributed by atoms with Crippen molar-refractivity contribution in [1.29, 1.82) is 0 Å². The molecule has 1 atom stereocenters. The average molecular weight is 744 g/mol. The van der Waals surface area contributed by atoms with Gasteiger partial charge in [0, 0.05) is 36.0 Å². The van der Waals surface area contributed by atoms with Crippen LogP contribution in [0.1, 0.15) is 58.0 Å². The largest absolute Gasteiger partial charge is 0.467 e. The molecular weight excluding hydrogens is 703 g/mol. The number of ketones is 1. The molecule has 0 bridgehead atoms. The Balaban J connectivity index is 0.935. The molecule has 270 valence electrons. The van der Waals surface area contributed by atoms with Crippen molar-refractivity contribution in [2.45, 2.75) is 44.2 Å². The number of Topliss-reactive ketones (excluding diaryl/α,β-unsaturated/α-hetero) is 1. The Labute approximate surface area is 312 Å². The molecule has 8 rings (SSSR count). The molecular formula is C40H40Cl2N4O6. The second-order valence-corrected chi connectivity index (χ2v) is 14.7. The fourth-order valence-electron chi connectivity index (χ4n) is 7.88. The van der Waals surface area contributed by atoms with Crippen LogP contribution < -0.4 is 9.47 Å². The molecule has 1 unspecified atom stereocenters. The third-order valence-electron chi connectivity index (χ3n) is 10.8. The number of aromatic nitrogens is 2. The summed E-state index contributed by atoms with van der Waals surface area (Å²) in [5, 5.41) is 0.845. The topological polar surface area (TPSA) is 99.3 Å². The lowest BCUT2D eigenvalue weighted by atomic mass is 9.76. The van der Waals surface area contributed by atoms with Crippen LogP contribution in [-0.4, -0.2) is 77.2 Å². The van der Waals surface area contributed by atoms with Gasteiger partial charge in [0.05, 0.1) is 34.5 Å². The van der Waals surface area contributed by atoms with Gasteiger partial charge in [0.1, 0.15) is 12.4 Å². The van der Waals surface area contributed by atoms with Crippen LogP contribution in [0.3, 0.4) is 0 Å². The van der Waals surface area contributed by atoms with Gasteiger partial charge in [-0.15, -0.1) is 0 Å². The van der Waals surface area contributed by atoms with Gasteiger partial charge in [-0.05, 0) is 105 Å². The summed E-state index contributed by atoms with van der Waals surface area (Å²) in [6, 6.07) is 22.8. The van der Waals surface area contributed by atoms with E-state index in [1.165, 1.54) is 0 Å². The van der Waals surface area contributed by atoms with Crippen molar-refractivity contribution in [2.75, 3.05) is 46.1 Å². The van der Waals surface area contributed by atoms with Gasteiger partial charge >= 0.3 is 0 Å². The highest BCUT2D eigenvalue weighted by atomic mass is 35.5. The normalized spacial score (nSPS) is 19.2. The molecule has 1 amide bonds. The quantitative estimate of drug-likeness (QED) is 0.0950. The summed E-state index contributed by atoms with van der Waals surface area (Å²) in [6.07, 6.45) is 4.80. The van der Waals surface area contributed by atoms with Gasteiger partial charge in [-0.2, -0.15) is 0 Å². The molecule has 5 aromatic rings. The fourth-order valence-corrected chi connectivity index (χ4v) is 8.37. The number of imidazole rings is 1. The number of amides is 1. The summed E-state index contributed by atoms with van der Waals surface area (Å²) in [6.45, 7) is 5.15. The number of para-hydroxylation sites is 2. The van der Waals surface area contributed by atoms with Gasteiger partial charge in [-0.3, -0.25) is 9.59 Å². The van der Waals surface area contributed by atoms with E-state index in [0.717, 1.165) is 79.2 Å². The molecule has 2 aromatic heterocycles. The number of hydrogen-bond donors (Lipinski definition) is 0. The molecule has 2 saturated heterocycles. The Hall–Kier alpha value is -4.35. The van der Waals surface area contributed by atoms with Crippen LogP contribution in [0.15, 0.2) is 83.5 Å². The molecule has 10 nitrogen and oxygen atoms in total. The van der Waals surface area contributed by atoms with Gasteiger partial charge in [-0.1, -0.05) is 41.4 Å². The molecule has 2 fully saturated rings. The van der Waals surface area contributed by atoms with Crippen molar-refractivity contribution in [1.82, 2.24) is 19.4 Å². The fraction of sp³-hybridized carbons (Fsp3) is 0.375. The Bertz CT molecular complexity index is 2080. The van der Waals surface area contributed by atoms with Gasteiger partial charge in [-0.25, -0.2) is 4.98 Å². The zero-order chi connectivity index (χ0) is 35.7. The molecule has 3 aromatic carbocycles. The molecule has 0 N–H and O–H groups in total. The second-order valence-electron chi connectivity index (χ2n) is 13.9. The highest BCUT2D eigenvalue weighted by Crippen LogP contribution is 2.43. The van der Waals surface area contributed by atoms with E-state index in [0.29, 0.717) is 54.3 Å². The lowest BCUT2D eigenvalue weighted by Crippen LogP contribution is -2.41. The molecule has 0 aliphatic carbocycles. The third-order valence-corrected chi connectivity index (χ3v) is 11.4. The Morgan fingerprint density at radius 1 is 0.923 bits per heavy atom. The average Bonchev–Trinajstić information content (AvgIpc) is 3.99. The lowest BCUT2D eigenvalue weighted by Gasteiger charge is -2.36. The molecule has 52 heavy (non-hydrogen) atoms. The van der Waals surface area contributed by atoms with Crippen molar-refractivity contribution >= 4 is 45.9 Å². The molecule has 5 heterocycles. The SMILES string of the molecule is O=C(c1nc2ccccc2n1CCOCc1ccco1)C1CCN(CCC2(c3ccc4c(c3)OCO4)CCN(C(=O)c3ccc(Cl)cc3Cl)C2)CC1. The Morgan fingerprint density at radius 2 is 1.77 bits per heavy atom. The number of fused-ring (bicyclic) bond motifs is 2. The van der Waals surface area contributed by atoms with Crippen molar-refractivity contribution < 1.29 is 28.2 Å². The van der Waals surface area contributed by atoms with Gasteiger partial charge in [0.25, 0.3) is 5.91 Å². The number of ether oxygens (including phenoxy) is 3. The number of piperidine rings is 1. The monoisotopic (exact) mass is 742 g/mol. The first-order valence-electron chi connectivity index (χ1n) is 17.8. The maximum absolute atomic E-state index is 14.0. The van der Waals surface area contributed by atoms with Crippen LogP contribution in [0.4, 0.5) is 0 Å². The first-order chi connectivity index (χ1) is 25.4. The first kappa shape index (κ1) is 34.7. The number of benzene rings is 3. The van der Waals surface area contributed by atoms with E-state index in [1.54, 1.807) is 24.5 Å². The Morgan fingerprint density at radius 3 is 2.60 bits per heavy atom. The van der Waals surface area contributed by atoms with E-state index in [1.807, 2.05) is 51.9 Å². The third kappa shape index (κ3) is 7.05. The summed E-state index contributed by atoms with van der Waals surface area (Å²) in [5.41, 5.74) is 3.04. The van der Waals surface area contributed by atoms with Crippen LogP contribution >= 0.6 is 23.2 Å².